The first-order valence-electron chi connectivity index (χ1n) is 6.57. The Bertz CT molecular complexity index is 519. The van der Waals surface area contributed by atoms with Crippen molar-refractivity contribution in [2.75, 3.05) is 26.2 Å². The molecule has 114 valence electrons. The van der Waals surface area contributed by atoms with Gasteiger partial charge in [0.1, 0.15) is 4.21 Å². The van der Waals surface area contributed by atoms with Gasteiger partial charge in [0.25, 0.3) is 0 Å². The zero-order valence-electron chi connectivity index (χ0n) is 11.3. The van der Waals surface area contributed by atoms with Crippen LogP contribution in [0.5, 0.6) is 0 Å². The Balaban J connectivity index is 1.77. The molecule has 0 spiro atoms. The van der Waals surface area contributed by atoms with Gasteiger partial charge in [-0.15, -0.1) is 11.3 Å². The minimum absolute atomic E-state index is 0.249. The van der Waals surface area contributed by atoms with E-state index in [9.17, 15) is 8.42 Å². The number of piperidine rings is 1. The highest BCUT2D eigenvalue weighted by atomic mass is 79.9. The van der Waals surface area contributed by atoms with Gasteiger partial charge in [0.15, 0.2) is 0 Å². The Morgan fingerprint density at radius 3 is 2.80 bits per heavy atom. The minimum atomic E-state index is -3.42. The maximum Gasteiger partial charge on any atom is 0.250 e. The molecule has 0 atom stereocenters. The van der Waals surface area contributed by atoms with Crippen molar-refractivity contribution >= 4 is 37.3 Å². The fourth-order valence-corrected chi connectivity index (χ4v) is 5.28. The molecule has 0 bridgehead atoms. The Hall–Kier alpha value is 0.01000. The number of rotatable bonds is 6. The summed E-state index contributed by atoms with van der Waals surface area (Å²) in [5.74, 6) is 0. The maximum absolute atomic E-state index is 12.1. The molecule has 1 aromatic heterocycles. The van der Waals surface area contributed by atoms with E-state index in [0.29, 0.717) is 17.4 Å². The summed E-state index contributed by atoms with van der Waals surface area (Å²) < 4.78 is 33.6. The van der Waals surface area contributed by atoms with E-state index >= 15 is 0 Å². The highest BCUT2D eigenvalue weighted by Gasteiger charge is 2.18. The number of nitrogens with one attached hydrogen (secondary N) is 2. The van der Waals surface area contributed by atoms with Crippen LogP contribution >= 0.6 is 27.3 Å². The van der Waals surface area contributed by atoms with Gasteiger partial charge in [0, 0.05) is 6.54 Å². The fraction of sp³-hybridized carbons (Fsp3) is 0.667. The molecule has 2 rings (SSSR count). The molecule has 20 heavy (non-hydrogen) atoms. The van der Waals surface area contributed by atoms with Gasteiger partial charge in [-0.2, -0.15) is 0 Å². The normalized spacial score (nSPS) is 17.5. The first kappa shape index (κ1) is 16.4. The largest absolute Gasteiger partial charge is 0.377 e. The first-order valence-corrected chi connectivity index (χ1v) is 9.66. The molecule has 1 aliphatic heterocycles. The summed E-state index contributed by atoms with van der Waals surface area (Å²) in [7, 11) is -3.42. The lowest BCUT2D eigenvalue weighted by molar-refractivity contribution is 0.0367. The van der Waals surface area contributed by atoms with Gasteiger partial charge in [-0.25, -0.2) is 13.1 Å². The molecular formula is C12H19BrN2O3S2. The number of halogens is 1. The van der Waals surface area contributed by atoms with Crippen molar-refractivity contribution in [3.63, 3.8) is 0 Å². The van der Waals surface area contributed by atoms with E-state index in [1.807, 2.05) is 6.92 Å². The summed E-state index contributed by atoms with van der Waals surface area (Å²) in [5.41, 5.74) is 0.932. The molecule has 1 aliphatic rings. The van der Waals surface area contributed by atoms with Gasteiger partial charge in [0.05, 0.1) is 16.5 Å². The van der Waals surface area contributed by atoms with Gasteiger partial charge in [-0.05, 0) is 60.4 Å². The zero-order valence-corrected chi connectivity index (χ0v) is 14.5. The van der Waals surface area contributed by atoms with E-state index in [-0.39, 0.29) is 6.10 Å². The first-order chi connectivity index (χ1) is 9.49. The summed E-state index contributed by atoms with van der Waals surface area (Å²) in [4.78, 5) is 0. The summed E-state index contributed by atoms with van der Waals surface area (Å²) in [5, 5.41) is 3.26. The molecular weight excluding hydrogens is 364 g/mol. The van der Waals surface area contributed by atoms with E-state index < -0.39 is 10.0 Å². The Kier molecular flexibility index (Phi) is 6.00. The van der Waals surface area contributed by atoms with Crippen molar-refractivity contribution in [3.8, 4) is 0 Å². The second kappa shape index (κ2) is 7.33. The molecule has 0 unspecified atom stereocenters. The number of thiophene rings is 1. The Morgan fingerprint density at radius 1 is 1.50 bits per heavy atom. The van der Waals surface area contributed by atoms with Crippen molar-refractivity contribution in [3.05, 3.63) is 15.4 Å². The lowest BCUT2D eigenvalue weighted by Crippen LogP contribution is -2.34. The predicted octanol–water partition coefficient (Wildman–Crippen LogP) is 1.87. The van der Waals surface area contributed by atoms with Crippen molar-refractivity contribution in [2.24, 2.45) is 0 Å². The number of hydrogen-bond donors (Lipinski definition) is 2. The number of sulfonamides is 1. The van der Waals surface area contributed by atoms with Crippen LogP contribution in [0.25, 0.3) is 0 Å². The third kappa shape index (κ3) is 4.51. The number of ether oxygens (including phenoxy) is 1. The molecule has 2 heterocycles. The molecule has 1 aromatic rings. The summed E-state index contributed by atoms with van der Waals surface area (Å²) in [6.45, 7) is 4.54. The standard InChI is InChI=1S/C12H19BrN2O3S2/c1-9-8-11(19-12(9)13)20(16,17)15-6-7-18-10-2-4-14-5-3-10/h8,10,14-15H,2-7H2,1H3. The second-order valence-corrected chi connectivity index (χ2v) is 9.10. The Labute approximate surface area is 132 Å². The SMILES string of the molecule is Cc1cc(S(=O)(=O)NCCOC2CCNCC2)sc1Br. The number of hydrogen-bond acceptors (Lipinski definition) is 5. The molecule has 1 fully saturated rings. The molecule has 0 saturated carbocycles. The summed E-state index contributed by atoms with van der Waals surface area (Å²) in [6.07, 6.45) is 2.23. The molecule has 0 radical (unpaired) electrons. The van der Waals surface area contributed by atoms with Crippen LogP contribution < -0.4 is 10.0 Å². The van der Waals surface area contributed by atoms with Crippen LogP contribution in [0, 0.1) is 6.92 Å². The van der Waals surface area contributed by atoms with E-state index in [2.05, 4.69) is 26.0 Å². The topological polar surface area (TPSA) is 67.4 Å². The van der Waals surface area contributed by atoms with Crippen LogP contribution in [0.3, 0.4) is 0 Å². The Morgan fingerprint density at radius 2 is 2.20 bits per heavy atom. The quantitative estimate of drug-likeness (QED) is 0.736. The van der Waals surface area contributed by atoms with Crippen LogP contribution in [0.4, 0.5) is 0 Å². The van der Waals surface area contributed by atoms with Crippen LogP contribution in [0.2, 0.25) is 0 Å². The lowest BCUT2D eigenvalue weighted by atomic mass is 10.1. The zero-order chi connectivity index (χ0) is 14.6. The van der Waals surface area contributed by atoms with Crippen molar-refractivity contribution in [2.45, 2.75) is 30.1 Å². The highest BCUT2D eigenvalue weighted by molar-refractivity contribution is 9.11. The lowest BCUT2D eigenvalue weighted by Gasteiger charge is -2.22. The van der Waals surface area contributed by atoms with Crippen molar-refractivity contribution < 1.29 is 13.2 Å². The number of aryl methyl sites for hydroxylation is 1. The maximum atomic E-state index is 12.1. The minimum Gasteiger partial charge on any atom is -0.377 e. The van der Waals surface area contributed by atoms with Gasteiger partial charge in [-0.3, -0.25) is 0 Å². The van der Waals surface area contributed by atoms with E-state index in [1.165, 1.54) is 11.3 Å². The highest BCUT2D eigenvalue weighted by Crippen LogP contribution is 2.30. The predicted molar refractivity (Wildman–Crippen MR) is 83.8 cm³/mol. The van der Waals surface area contributed by atoms with Gasteiger partial charge >= 0.3 is 0 Å². The van der Waals surface area contributed by atoms with E-state index in [4.69, 9.17) is 4.74 Å². The van der Waals surface area contributed by atoms with Crippen LogP contribution in [0.15, 0.2) is 14.1 Å². The monoisotopic (exact) mass is 382 g/mol. The molecule has 5 nitrogen and oxygen atoms in total. The molecule has 0 amide bonds. The molecule has 2 N–H and O–H groups in total. The van der Waals surface area contributed by atoms with Crippen LogP contribution in [0.1, 0.15) is 18.4 Å². The second-order valence-electron chi connectivity index (χ2n) is 4.74. The molecule has 1 saturated heterocycles. The average Bonchev–Trinajstić information content (AvgIpc) is 2.77. The van der Waals surface area contributed by atoms with Crippen molar-refractivity contribution in [1.82, 2.24) is 10.0 Å². The van der Waals surface area contributed by atoms with Crippen LogP contribution in [-0.2, 0) is 14.8 Å². The average molecular weight is 383 g/mol. The van der Waals surface area contributed by atoms with Gasteiger partial charge in [-0.1, -0.05) is 0 Å². The van der Waals surface area contributed by atoms with Crippen LogP contribution in [-0.4, -0.2) is 40.8 Å². The fourth-order valence-electron chi connectivity index (χ4n) is 2.00. The van der Waals surface area contributed by atoms with E-state index in [0.717, 1.165) is 35.3 Å². The molecule has 0 aromatic carbocycles. The van der Waals surface area contributed by atoms with Gasteiger partial charge < -0.3 is 10.1 Å². The third-order valence-corrected chi connectivity index (χ3v) is 7.20. The molecule has 0 aliphatic carbocycles. The third-order valence-electron chi connectivity index (χ3n) is 3.13. The summed E-state index contributed by atoms with van der Waals surface area (Å²) >= 11 is 4.56. The molecule has 8 heteroatoms. The summed E-state index contributed by atoms with van der Waals surface area (Å²) in [6, 6.07) is 1.67. The van der Waals surface area contributed by atoms with Gasteiger partial charge in [0.2, 0.25) is 10.0 Å². The van der Waals surface area contributed by atoms with Crippen molar-refractivity contribution in [1.29, 1.82) is 0 Å². The van der Waals surface area contributed by atoms with E-state index in [1.54, 1.807) is 6.07 Å². The smallest absolute Gasteiger partial charge is 0.250 e.